The third kappa shape index (κ3) is 4.11. The van der Waals surface area contributed by atoms with E-state index < -0.39 is 5.97 Å². The molecule has 0 saturated heterocycles. The van der Waals surface area contributed by atoms with Gasteiger partial charge in [0.2, 0.25) is 0 Å². The molecule has 0 radical (unpaired) electrons. The smallest absolute Gasteiger partial charge is 0.330 e. The number of hydrogen-bond acceptors (Lipinski definition) is 4. The van der Waals surface area contributed by atoms with Gasteiger partial charge in [0.15, 0.2) is 0 Å². The van der Waals surface area contributed by atoms with Crippen LogP contribution in [-0.4, -0.2) is 24.3 Å². The van der Waals surface area contributed by atoms with E-state index in [2.05, 4.69) is 6.58 Å². The van der Waals surface area contributed by atoms with Crippen molar-refractivity contribution >= 4 is 5.97 Å². The number of rotatable bonds is 6. The van der Waals surface area contributed by atoms with Crippen molar-refractivity contribution in [1.82, 2.24) is 0 Å². The minimum atomic E-state index is -0.467. The molecule has 0 aromatic heterocycles. The fourth-order valence-electron chi connectivity index (χ4n) is 1.82. The van der Waals surface area contributed by atoms with Crippen LogP contribution in [0.15, 0.2) is 61.2 Å². The van der Waals surface area contributed by atoms with Crippen LogP contribution >= 0.6 is 0 Å². The van der Waals surface area contributed by atoms with E-state index in [1.165, 1.54) is 0 Å². The van der Waals surface area contributed by atoms with Crippen LogP contribution in [0.2, 0.25) is 0 Å². The van der Waals surface area contributed by atoms with E-state index in [1.807, 2.05) is 36.4 Å². The zero-order valence-electron chi connectivity index (χ0n) is 11.5. The lowest BCUT2D eigenvalue weighted by molar-refractivity contribution is -0.138. The molecule has 0 heterocycles. The number of carbonyl (C=O) groups is 1. The Morgan fingerprint density at radius 3 is 2.52 bits per heavy atom. The summed E-state index contributed by atoms with van der Waals surface area (Å²) in [5.41, 5.74) is 1.85. The molecule has 2 aromatic carbocycles. The minimum absolute atomic E-state index is 0.161. The molecule has 0 aliphatic carbocycles. The summed E-state index contributed by atoms with van der Waals surface area (Å²) >= 11 is 0. The summed E-state index contributed by atoms with van der Waals surface area (Å²) in [6, 6.07) is 14.4. The van der Waals surface area contributed by atoms with Gasteiger partial charge in [-0.1, -0.05) is 36.9 Å². The number of ether oxygens (including phenoxy) is 2. The monoisotopic (exact) mass is 284 g/mol. The first kappa shape index (κ1) is 14.7. The molecule has 0 atom stereocenters. The van der Waals surface area contributed by atoms with Crippen molar-refractivity contribution in [3.8, 4) is 22.6 Å². The van der Waals surface area contributed by atoms with Gasteiger partial charge in [-0.05, 0) is 23.8 Å². The number of para-hydroxylation sites is 1. The topological polar surface area (TPSA) is 55.8 Å². The van der Waals surface area contributed by atoms with Gasteiger partial charge in [0.05, 0.1) is 0 Å². The molecule has 2 aromatic rings. The highest BCUT2D eigenvalue weighted by atomic mass is 16.6. The van der Waals surface area contributed by atoms with Crippen LogP contribution in [0.1, 0.15) is 0 Å². The van der Waals surface area contributed by atoms with E-state index in [1.54, 1.807) is 12.1 Å². The number of hydrogen-bond donors (Lipinski definition) is 1. The SMILES string of the molecule is C=CC(=O)OCCOc1ccccc1-c1ccc(O)cc1. The Kier molecular flexibility index (Phi) is 4.99. The van der Waals surface area contributed by atoms with E-state index in [0.29, 0.717) is 5.75 Å². The standard InChI is InChI=1S/C17H16O4/c1-2-17(19)21-12-11-20-16-6-4-3-5-15(16)13-7-9-14(18)10-8-13/h2-10,18H,1,11-12H2. The predicted molar refractivity (Wildman–Crippen MR) is 80.2 cm³/mol. The Morgan fingerprint density at radius 1 is 1.10 bits per heavy atom. The first-order valence-corrected chi connectivity index (χ1v) is 6.51. The molecule has 0 bridgehead atoms. The highest BCUT2D eigenvalue weighted by Gasteiger charge is 2.06. The minimum Gasteiger partial charge on any atom is -0.508 e. The van der Waals surface area contributed by atoms with E-state index in [0.717, 1.165) is 17.2 Å². The molecule has 1 N–H and O–H groups in total. The summed E-state index contributed by atoms with van der Waals surface area (Å²) in [5.74, 6) is 0.441. The average molecular weight is 284 g/mol. The summed E-state index contributed by atoms with van der Waals surface area (Å²) in [7, 11) is 0. The van der Waals surface area contributed by atoms with Gasteiger partial charge < -0.3 is 14.6 Å². The number of phenols is 1. The second-order valence-corrected chi connectivity index (χ2v) is 4.26. The second-order valence-electron chi connectivity index (χ2n) is 4.26. The molecular weight excluding hydrogens is 268 g/mol. The normalized spacial score (nSPS) is 9.90. The molecule has 2 rings (SSSR count). The van der Waals surface area contributed by atoms with E-state index >= 15 is 0 Å². The van der Waals surface area contributed by atoms with Gasteiger partial charge in [0.1, 0.15) is 24.7 Å². The number of esters is 1. The first-order valence-electron chi connectivity index (χ1n) is 6.51. The van der Waals surface area contributed by atoms with Crippen molar-refractivity contribution in [2.24, 2.45) is 0 Å². The number of carbonyl (C=O) groups excluding carboxylic acids is 1. The van der Waals surface area contributed by atoms with Gasteiger partial charge in [0.25, 0.3) is 0 Å². The molecule has 0 aliphatic heterocycles. The number of benzene rings is 2. The Labute approximate surface area is 123 Å². The summed E-state index contributed by atoms with van der Waals surface area (Å²) in [6.07, 6.45) is 1.12. The van der Waals surface area contributed by atoms with Gasteiger partial charge >= 0.3 is 5.97 Å². The van der Waals surface area contributed by atoms with Crippen LogP contribution in [0, 0.1) is 0 Å². The van der Waals surface area contributed by atoms with Gasteiger partial charge in [0, 0.05) is 11.6 Å². The van der Waals surface area contributed by atoms with Crippen molar-refractivity contribution in [1.29, 1.82) is 0 Å². The summed E-state index contributed by atoms with van der Waals surface area (Å²) in [5, 5.41) is 9.33. The van der Waals surface area contributed by atoms with E-state index in [-0.39, 0.29) is 19.0 Å². The predicted octanol–water partition coefficient (Wildman–Crippen LogP) is 3.17. The molecule has 0 amide bonds. The lowest BCUT2D eigenvalue weighted by atomic mass is 10.0. The van der Waals surface area contributed by atoms with Crippen molar-refractivity contribution in [2.45, 2.75) is 0 Å². The van der Waals surface area contributed by atoms with Crippen molar-refractivity contribution in [3.05, 3.63) is 61.2 Å². The van der Waals surface area contributed by atoms with Crippen molar-refractivity contribution in [3.63, 3.8) is 0 Å². The number of phenolic OH excluding ortho intramolecular Hbond substituents is 1. The molecule has 4 nitrogen and oxygen atoms in total. The average Bonchev–Trinajstić information content (AvgIpc) is 2.52. The summed E-state index contributed by atoms with van der Waals surface area (Å²) in [6.45, 7) is 3.74. The third-order valence-electron chi connectivity index (χ3n) is 2.82. The van der Waals surface area contributed by atoms with E-state index in [9.17, 15) is 9.90 Å². The van der Waals surface area contributed by atoms with Crippen molar-refractivity contribution < 1.29 is 19.4 Å². The maximum atomic E-state index is 10.9. The summed E-state index contributed by atoms with van der Waals surface area (Å²) in [4.78, 5) is 10.9. The highest BCUT2D eigenvalue weighted by Crippen LogP contribution is 2.30. The fourth-order valence-corrected chi connectivity index (χ4v) is 1.82. The van der Waals surface area contributed by atoms with E-state index in [4.69, 9.17) is 9.47 Å². The lowest BCUT2D eigenvalue weighted by Gasteiger charge is -2.11. The zero-order chi connectivity index (χ0) is 15.1. The van der Waals surface area contributed by atoms with Crippen LogP contribution < -0.4 is 4.74 Å². The lowest BCUT2D eigenvalue weighted by Crippen LogP contribution is -2.10. The van der Waals surface area contributed by atoms with Crippen molar-refractivity contribution in [2.75, 3.05) is 13.2 Å². The van der Waals surface area contributed by atoms with Crippen LogP contribution in [0.5, 0.6) is 11.5 Å². The zero-order valence-corrected chi connectivity index (χ0v) is 11.5. The maximum Gasteiger partial charge on any atom is 0.330 e. The maximum absolute atomic E-state index is 10.9. The molecule has 21 heavy (non-hydrogen) atoms. The largest absolute Gasteiger partial charge is 0.508 e. The molecular formula is C17H16O4. The molecule has 0 aliphatic rings. The summed E-state index contributed by atoms with van der Waals surface area (Å²) < 4.78 is 10.5. The van der Waals surface area contributed by atoms with Crippen LogP contribution in [0.25, 0.3) is 11.1 Å². The highest BCUT2D eigenvalue weighted by molar-refractivity contribution is 5.81. The van der Waals surface area contributed by atoms with Crippen LogP contribution in [-0.2, 0) is 9.53 Å². The Bertz CT molecular complexity index is 617. The second kappa shape index (κ2) is 7.14. The fraction of sp³-hybridized carbons (Fsp3) is 0.118. The molecule has 0 unspecified atom stereocenters. The van der Waals surface area contributed by atoms with Crippen LogP contribution in [0.4, 0.5) is 0 Å². The van der Waals surface area contributed by atoms with Crippen LogP contribution in [0.3, 0.4) is 0 Å². The molecule has 108 valence electrons. The van der Waals surface area contributed by atoms with Gasteiger partial charge in [-0.15, -0.1) is 0 Å². The molecule has 0 spiro atoms. The van der Waals surface area contributed by atoms with Gasteiger partial charge in [-0.25, -0.2) is 4.79 Å². The van der Waals surface area contributed by atoms with Gasteiger partial charge in [-0.2, -0.15) is 0 Å². The molecule has 4 heteroatoms. The Hall–Kier alpha value is -2.75. The quantitative estimate of drug-likeness (QED) is 0.503. The molecule has 0 saturated carbocycles. The first-order chi connectivity index (χ1) is 10.2. The molecule has 0 fully saturated rings. The van der Waals surface area contributed by atoms with Gasteiger partial charge in [-0.3, -0.25) is 0 Å². The Balaban J connectivity index is 2.05. The Morgan fingerprint density at radius 2 is 1.81 bits per heavy atom. The third-order valence-corrected chi connectivity index (χ3v) is 2.82. The number of aromatic hydroxyl groups is 1.